The molecule has 0 spiro atoms. The molecule has 3 fully saturated rings. The van der Waals surface area contributed by atoms with Crippen molar-refractivity contribution in [3.63, 3.8) is 0 Å². The molecule has 4 heteroatoms. The van der Waals surface area contributed by atoms with E-state index in [1.807, 2.05) is 0 Å². The number of benzene rings is 1. The Hall–Kier alpha value is -1.84. The summed E-state index contributed by atoms with van der Waals surface area (Å²) in [6, 6.07) is 6.64. The zero-order chi connectivity index (χ0) is 11.3. The second kappa shape index (κ2) is 2.84. The Labute approximate surface area is 92.3 Å². The molecule has 1 aromatic carbocycles. The van der Waals surface area contributed by atoms with Crippen LogP contribution in [0, 0.1) is 5.92 Å². The molecule has 2 N–H and O–H groups in total. The molecule has 2 aliphatic heterocycles. The number of amides is 2. The highest BCUT2D eigenvalue weighted by Crippen LogP contribution is 2.50. The van der Waals surface area contributed by atoms with Crippen LogP contribution < -0.4 is 5.32 Å². The van der Waals surface area contributed by atoms with Crippen molar-refractivity contribution in [2.45, 2.75) is 18.3 Å². The molecule has 3 aliphatic rings. The molecule has 0 unspecified atom stereocenters. The van der Waals surface area contributed by atoms with Gasteiger partial charge in [0.05, 0.1) is 5.41 Å². The van der Waals surface area contributed by atoms with Gasteiger partial charge in [0.1, 0.15) is 5.75 Å². The zero-order valence-corrected chi connectivity index (χ0v) is 8.56. The van der Waals surface area contributed by atoms with Crippen LogP contribution in [-0.2, 0) is 15.0 Å². The molecule has 2 amide bonds. The van der Waals surface area contributed by atoms with Gasteiger partial charge in [0.25, 0.3) is 0 Å². The fraction of sp³-hybridized carbons (Fsp3) is 0.333. The number of aromatic hydroxyl groups is 1. The van der Waals surface area contributed by atoms with Gasteiger partial charge in [-0.2, -0.15) is 0 Å². The summed E-state index contributed by atoms with van der Waals surface area (Å²) < 4.78 is 0. The van der Waals surface area contributed by atoms with Crippen LogP contribution in [0.5, 0.6) is 5.75 Å². The Kier molecular flexibility index (Phi) is 1.67. The summed E-state index contributed by atoms with van der Waals surface area (Å²) >= 11 is 0. The van der Waals surface area contributed by atoms with E-state index in [-0.39, 0.29) is 23.5 Å². The monoisotopic (exact) mass is 217 g/mol. The fourth-order valence-electron chi connectivity index (χ4n) is 2.63. The lowest BCUT2D eigenvalue weighted by Crippen LogP contribution is -2.64. The van der Waals surface area contributed by atoms with Gasteiger partial charge < -0.3 is 5.11 Å². The minimum atomic E-state index is -0.535. The minimum absolute atomic E-state index is 0.0218. The van der Waals surface area contributed by atoms with Gasteiger partial charge in [0.2, 0.25) is 11.8 Å². The number of hydrogen-bond donors (Lipinski definition) is 2. The van der Waals surface area contributed by atoms with Crippen molar-refractivity contribution in [1.29, 1.82) is 0 Å². The van der Waals surface area contributed by atoms with E-state index in [1.165, 1.54) is 0 Å². The maximum absolute atomic E-state index is 11.9. The number of imide groups is 1. The van der Waals surface area contributed by atoms with E-state index in [0.29, 0.717) is 12.8 Å². The largest absolute Gasteiger partial charge is 0.508 e. The number of carbonyl (C=O) groups excluding carboxylic acids is 2. The van der Waals surface area contributed by atoms with Gasteiger partial charge in [-0.15, -0.1) is 0 Å². The first-order valence-corrected chi connectivity index (χ1v) is 5.27. The fourth-order valence-corrected chi connectivity index (χ4v) is 2.63. The van der Waals surface area contributed by atoms with Crippen LogP contribution in [-0.4, -0.2) is 16.9 Å². The molecule has 2 saturated heterocycles. The van der Waals surface area contributed by atoms with Crippen molar-refractivity contribution in [2.24, 2.45) is 5.92 Å². The summed E-state index contributed by atoms with van der Waals surface area (Å²) in [5, 5.41) is 11.6. The number of rotatable bonds is 1. The van der Waals surface area contributed by atoms with E-state index in [4.69, 9.17) is 0 Å². The third-order valence-electron chi connectivity index (χ3n) is 3.65. The first kappa shape index (κ1) is 9.39. The second-order valence-corrected chi connectivity index (χ2v) is 4.55. The van der Waals surface area contributed by atoms with Crippen molar-refractivity contribution in [2.75, 3.05) is 0 Å². The van der Waals surface area contributed by atoms with Gasteiger partial charge in [-0.05, 0) is 30.5 Å². The van der Waals surface area contributed by atoms with Gasteiger partial charge in [-0.3, -0.25) is 14.9 Å². The maximum atomic E-state index is 11.9. The molecular weight excluding hydrogens is 206 g/mol. The molecule has 2 heterocycles. The van der Waals surface area contributed by atoms with Crippen molar-refractivity contribution in [3.8, 4) is 5.75 Å². The highest BCUT2D eigenvalue weighted by Gasteiger charge is 2.58. The van der Waals surface area contributed by atoms with Crippen molar-refractivity contribution >= 4 is 11.8 Å². The summed E-state index contributed by atoms with van der Waals surface area (Å²) in [4.78, 5) is 23.2. The molecule has 1 aromatic rings. The average molecular weight is 217 g/mol. The van der Waals surface area contributed by atoms with Gasteiger partial charge in [-0.1, -0.05) is 12.1 Å². The van der Waals surface area contributed by atoms with Gasteiger partial charge in [0, 0.05) is 5.92 Å². The molecule has 0 atom stereocenters. The predicted octanol–water partition coefficient (Wildman–Crippen LogP) is 0.696. The average Bonchev–Trinajstić information content (AvgIpc) is 2.17. The lowest BCUT2D eigenvalue weighted by Gasteiger charge is -2.49. The summed E-state index contributed by atoms with van der Waals surface area (Å²) in [6.07, 6.45) is 1.20. The number of nitrogens with one attached hydrogen (secondary N) is 1. The van der Waals surface area contributed by atoms with Gasteiger partial charge >= 0.3 is 0 Å². The Morgan fingerprint density at radius 2 is 1.81 bits per heavy atom. The van der Waals surface area contributed by atoms with E-state index in [1.54, 1.807) is 24.3 Å². The van der Waals surface area contributed by atoms with E-state index < -0.39 is 5.41 Å². The normalized spacial score (nSPS) is 31.9. The van der Waals surface area contributed by atoms with Crippen LogP contribution in [0.4, 0.5) is 0 Å². The number of phenols is 1. The molecule has 4 rings (SSSR count). The van der Waals surface area contributed by atoms with Crippen LogP contribution in [0.25, 0.3) is 0 Å². The Bertz CT molecular complexity index is 472. The Balaban J connectivity index is 1.99. The Morgan fingerprint density at radius 1 is 1.19 bits per heavy atom. The summed E-state index contributed by atoms with van der Waals surface area (Å²) in [5.74, 6) is -0.189. The molecule has 0 aromatic heterocycles. The number of phenolic OH excluding ortho intramolecular Hbond substituents is 1. The van der Waals surface area contributed by atoms with Crippen LogP contribution in [0.3, 0.4) is 0 Å². The standard InChI is InChI=1S/C12H11NO3/c14-9-3-1-8(2-4-9)12-5-7(6-12)10(15)13-11(12)16/h1-4,7,14H,5-6H2,(H,13,15,16). The maximum Gasteiger partial charge on any atom is 0.237 e. The van der Waals surface area contributed by atoms with Crippen LogP contribution >= 0.6 is 0 Å². The van der Waals surface area contributed by atoms with Crippen LogP contribution in [0.1, 0.15) is 18.4 Å². The van der Waals surface area contributed by atoms with E-state index >= 15 is 0 Å². The topological polar surface area (TPSA) is 66.4 Å². The third kappa shape index (κ3) is 1.04. The predicted molar refractivity (Wildman–Crippen MR) is 55.7 cm³/mol. The molecule has 1 aliphatic carbocycles. The number of carbonyl (C=O) groups is 2. The van der Waals surface area contributed by atoms with Gasteiger partial charge in [0.15, 0.2) is 0 Å². The lowest BCUT2D eigenvalue weighted by molar-refractivity contribution is -0.151. The van der Waals surface area contributed by atoms with E-state index in [2.05, 4.69) is 5.32 Å². The van der Waals surface area contributed by atoms with Crippen LogP contribution in [0.2, 0.25) is 0 Å². The first-order valence-electron chi connectivity index (χ1n) is 5.27. The highest BCUT2D eigenvalue weighted by molar-refractivity contribution is 6.07. The summed E-state index contributed by atoms with van der Waals surface area (Å²) in [6.45, 7) is 0. The van der Waals surface area contributed by atoms with E-state index in [0.717, 1.165) is 5.56 Å². The van der Waals surface area contributed by atoms with Crippen LogP contribution in [0.15, 0.2) is 24.3 Å². The number of hydrogen-bond acceptors (Lipinski definition) is 3. The number of piperidine rings is 2. The Morgan fingerprint density at radius 3 is 2.38 bits per heavy atom. The first-order chi connectivity index (χ1) is 7.62. The molecule has 16 heavy (non-hydrogen) atoms. The van der Waals surface area contributed by atoms with Crippen molar-refractivity contribution in [3.05, 3.63) is 29.8 Å². The third-order valence-corrected chi connectivity index (χ3v) is 3.65. The van der Waals surface area contributed by atoms with Gasteiger partial charge in [-0.25, -0.2) is 0 Å². The van der Waals surface area contributed by atoms with Crippen molar-refractivity contribution < 1.29 is 14.7 Å². The molecule has 2 bridgehead atoms. The quantitative estimate of drug-likeness (QED) is 0.680. The summed E-state index contributed by atoms with van der Waals surface area (Å²) in [7, 11) is 0. The highest BCUT2D eigenvalue weighted by atomic mass is 16.3. The van der Waals surface area contributed by atoms with Crippen molar-refractivity contribution in [1.82, 2.24) is 5.32 Å². The molecule has 82 valence electrons. The molecule has 4 nitrogen and oxygen atoms in total. The molecule has 0 radical (unpaired) electrons. The lowest BCUT2D eigenvalue weighted by atomic mass is 9.55. The smallest absolute Gasteiger partial charge is 0.237 e. The molecular formula is C12H11NO3. The SMILES string of the molecule is O=C1NC(=O)C2(c3ccc(O)cc3)CC1C2. The minimum Gasteiger partial charge on any atom is -0.508 e. The molecule has 1 saturated carbocycles. The summed E-state index contributed by atoms with van der Waals surface area (Å²) in [5.41, 5.74) is 0.346. The second-order valence-electron chi connectivity index (χ2n) is 4.55. The number of fused-ring (bicyclic) bond motifs is 2. The van der Waals surface area contributed by atoms with E-state index in [9.17, 15) is 14.7 Å². The zero-order valence-electron chi connectivity index (χ0n) is 8.56.